The summed E-state index contributed by atoms with van der Waals surface area (Å²) < 4.78 is 6.73. The molecule has 6 nitrogen and oxygen atoms in total. The summed E-state index contributed by atoms with van der Waals surface area (Å²) in [4.78, 5) is 16.1. The van der Waals surface area contributed by atoms with Gasteiger partial charge >= 0.3 is 5.97 Å². The van der Waals surface area contributed by atoms with E-state index in [1.165, 1.54) is 12.7 Å². The van der Waals surface area contributed by atoms with Gasteiger partial charge in [0.1, 0.15) is 5.82 Å². The number of anilines is 1. The highest BCUT2D eigenvalue weighted by molar-refractivity contribution is 5.75. The first-order valence-electron chi connectivity index (χ1n) is 8.58. The number of hydrogen-bond donors (Lipinski definition) is 1. The van der Waals surface area contributed by atoms with Crippen LogP contribution >= 0.6 is 0 Å². The second-order valence-electron chi connectivity index (χ2n) is 6.14. The average molecular weight is 328 g/mol. The lowest BCUT2D eigenvalue weighted by Crippen LogP contribution is -2.18. The second kappa shape index (κ2) is 7.47. The standard InChI is InChI=1S/C18H24N4O2/c1-3-4-11-19-16-9-10-17-20-12-15(22(17)21-16)13-5-7-14(8-6-13)18(23)24-2/h5,9-10,12,14H,3-4,6-8,11H2,1-2H3,(H,19,21). The SMILES string of the molecule is CCCCNc1ccc2ncc(C3=CCC(C(=O)OC)CC3)n2n1. The zero-order valence-corrected chi connectivity index (χ0v) is 14.3. The summed E-state index contributed by atoms with van der Waals surface area (Å²) in [7, 11) is 1.45. The molecule has 2 aromatic rings. The Morgan fingerprint density at radius 2 is 2.33 bits per heavy atom. The number of ether oxygens (including phenoxy) is 1. The molecule has 24 heavy (non-hydrogen) atoms. The first kappa shape index (κ1) is 16.5. The van der Waals surface area contributed by atoms with E-state index in [0.717, 1.165) is 49.4 Å². The molecular weight excluding hydrogens is 304 g/mol. The van der Waals surface area contributed by atoms with Crippen LogP contribution in [-0.4, -0.2) is 34.2 Å². The molecule has 0 aromatic carbocycles. The van der Waals surface area contributed by atoms with E-state index in [4.69, 9.17) is 4.74 Å². The summed E-state index contributed by atoms with van der Waals surface area (Å²) in [6.45, 7) is 3.09. The minimum absolute atomic E-state index is 0.0304. The first-order chi connectivity index (χ1) is 11.7. The van der Waals surface area contributed by atoms with Crippen LogP contribution in [0.1, 0.15) is 44.7 Å². The highest BCUT2D eigenvalue weighted by Gasteiger charge is 2.23. The topological polar surface area (TPSA) is 68.5 Å². The molecule has 3 rings (SSSR count). The summed E-state index contributed by atoms with van der Waals surface area (Å²) >= 11 is 0. The largest absolute Gasteiger partial charge is 0.469 e. The number of unbranched alkanes of at least 4 members (excludes halogenated alkanes) is 1. The Morgan fingerprint density at radius 3 is 3.04 bits per heavy atom. The Bertz CT molecular complexity index is 751. The lowest BCUT2D eigenvalue weighted by atomic mass is 9.88. The van der Waals surface area contributed by atoms with Gasteiger partial charge < -0.3 is 10.1 Å². The molecule has 2 aromatic heterocycles. The number of allylic oxidation sites excluding steroid dienone is 2. The number of nitrogens with one attached hydrogen (secondary N) is 1. The Labute approximate surface area is 141 Å². The minimum Gasteiger partial charge on any atom is -0.469 e. The molecule has 0 spiro atoms. The molecule has 1 aliphatic carbocycles. The lowest BCUT2D eigenvalue weighted by molar-refractivity contribution is -0.145. The van der Waals surface area contributed by atoms with E-state index in [1.54, 1.807) is 0 Å². The van der Waals surface area contributed by atoms with Crippen molar-refractivity contribution >= 4 is 23.0 Å². The Hall–Kier alpha value is -2.37. The molecule has 0 bridgehead atoms. The number of methoxy groups -OCH3 is 1. The van der Waals surface area contributed by atoms with Crippen LogP contribution < -0.4 is 5.32 Å². The Morgan fingerprint density at radius 1 is 1.46 bits per heavy atom. The number of carbonyl (C=O) groups excluding carboxylic acids is 1. The molecule has 0 saturated carbocycles. The number of aromatic nitrogens is 3. The smallest absolute Gasteiger partial charge is 0.308 e. The van der Waals surface area contributed by atoms with Crippen LogP contribution in [-0.2, 0) is 9.53 Å². The molecule has 0 saturated heterocycles. The average Bonchev–Trinajstić information content (AvgIpc) is 3.04. The number of carbonyl (C=O) groups is 1. The van der Waals surface area contributed by atoms with Gasteiger partial charge in [0.05, 0.1) is 24.9 Å². The van der Waals surface area contributed by atoms with Crippen molar-refractivity contribution in [2.75, 3.05) is 19.0 Å². The highest BCUT2D eigenvalue weighted by atomic mass is 16.5. The summed E-state index contributed by atoms with van der Waals surface area (Å²) in [6.07, 6.45) is 8.61. The van der Waals surface area contributed by atoms with Gasteiger partial charge in [-0.2, -0.15) is 0 Å². The van der Waals surface area contributed by atoms with E-state index in [9.17, 15) is 4.79 Å². The first-order valence-corrected chi connectivity index (χ1v) is 8.58. The van der Waals surface area contributed by atoms with Gasteiger partial charge in [-0.15, -0.1) is 5.10 Å². The van der Waals surface area contributed by atoms with E-state index in [2.05, 4.69) is 28.4 Å². The van der Waals surface area contributed by atoms with Crippen LogP contribution in [0.15, 0.2) is 24.4 Å². The van der Waals surface area contributed by atoms with Gasteiger partial charge in [0, 0.05) is 6.54 Å². The number of nitrogens with zero attached hydrogens (tertiary/aromatic N) is 3. The number of hydrogen-bond acceptors (Lipinski definition) is 5. The summed E-state index contributed by atoms with van der Waals surface area (Å²) in [5.74, 6) is 0.709. The van der Waals surface area contributed by atoms with Crippen molar-refractivity contribution in [2.45, 2.75) is 39.0 Å². The molecule has 1 N–H and O–H groups in total. The molecule has 1 aliphatic rings. The normalized spacial score (nSPS) is 17.6. The summed E-state index contributed by atoms with van der Waals surface area (Å²) in [6, 6.07) is 3.94. The van der Waals surface area contributed by atoms with Crippen LogP contribution in [0.5, 0.6) is 0 Å². The summed E-state index contributed by atoms with van der Waals surface area (Å²) in [5.41, 5.74) is 3.04. The minimum atomic E-state index is -0.121. The molecule has 0 radical (unpaired) electrons. The van der Waals surface area contributed by atoms with E-state index in [0.29, 0.717) is 6.42 Å². The van der Waals surface area contributed by atoms with Gasteiger partial charge in [0.15, 0.2) is 5.65 Å². The van der Waals surface area contributed by atoms with Gasteiger partial charge in [-0.25, -0.2) is 9.50 Å². The Kier molecular flexibility index (Phi) is 5.13. The maximum absolute atomic E-state index is 11.7. The van der Waals surface area contributed by atoms with E-state index in [-0.39, 0.29) is 11.9 Å². The molecular formula is C18H24N4O2. The zero-order valence-electron chi connectivity index (χ0n) is 14.3. The summed E-state index contributed by atoms with van der Waals surface area (Å²) in [5, 5.41) is 8.01. The second-order valence-corrected chi connectivity index (χ2v) is 6.14. The zero-order chi connectivity index (χ0) is 16.9. The van der Waals surface area contributed by atoms with Gasteiger partial charge in [-0.05, 0) is 43.4 Å². The number of esters is 1. The molecule has 1 atom stereocenters. The fraction of sp³-hybridized carbons (Fsp3) is 0.500. The van der Waals surface area contributed by atoms with Crippen molar-refractivity contribution in [1.82, 2.24) is 14.6 Å². The van der Waals surface area contributed by atoms with E-state index < -0.39 is 0 Å². The van der Waals surface area contributed by atoms with Crippen molar-refractivity contribution in [2.24, 2.45) is 5.92 Å². The number of fused-ring (bicyclic) bond motifs is 1. The third kappa shape index (κ3) is 3.42. The third-order valence-electron chi connectivity index (χ3n) is 4.47. The quantitative estimate of drug-likeness (QED) is 0.651. The molecule has 0 aliphatic heterocycles. The van der Waals surface area contributed by atoms with Crippen molar-refractivity contribution < 1.29 is 9.53 Å². The van der Waals surface area contributed by atoms with Crippen LogP contribution in [0, 0.1) is 5.92 Å². The monoisotopic (exact) mass is 328 g/mol. The molecule has 0 amide bonds. The van der Waals surface area contributed by atoms with E-state index >= 15 is 0 Å². The molecule has 0 fully saturated rings. The Balaban J connectivity index is 1.80. The maximum Gasteiger partial charge on any atom is 0.308 e. The van der Waals surface area contributed by atoms with Crippen molar-refractivity contribution in [3.8, 4) is 0 Å². The third-order valence-corrected chi connectivity index (χ3v) is 4.47. The van der Waals surface area contributed by atoms with Crippen LogP contribution in [0.3, 0.4) is 0 Å². The predicted molar refractivity (Wildman–Crippen MR) is 93.7 cm³/mol. The van der Waals surface area contributed by atoms with Crippen LogP contribution in [0.2, 0.25) is 0 Å². The molecule has 1 unspecified atom stereocenters. The van der Waals surface area contributed by atoms with Gasteiger partial charge in [0.25, 0.3) is 0 Å². The molecule has 128 valence electrons. The van der Waals surface area contributed by atoms with Crippen LogP contribution in [0.4, 0.5) is 5.82 Å². The van der Waals surface area contributed by atoms with Gasteiger partial charge in [-0.3, -0.25) is 4.79 Å². The van der Waals surface area contributed by atoms with E-state index in [1.807, 2.05) is 22.8 Å². The molecule has 2 heterocycles. The number of imidazole rings is 1. The highest BCUT2D eigenvalue weighted by Crippen LogP contribution is 2.31. The fourth-order valence-electron chi connectivity index (χ4n) is 3.03. The van der Waals surface area contributed by atoms with Gasteiger partial charge in [0.2, 0.25) is 0 Å². The van der Waals surface area contributed by atoms with Crippen molar-refractivity contribution in [3.63, 3.8) is 0 Å². The number of rotatable bonds is 6. The fourth-order valence-corrected chi connectivity index (χ4v) is 3.03. The van der Waals surface area contributed by atoms with Crippen LogP contribution in [0.25, 0.3) is 11.2 Å². The predicted octanol–water partition coefficient (Wildman–Crippen LogP) is 3.30. The molecule has 6 heteroatoms. The van der Waals surface area contributed by atoms with Crippen molar-refractivity contribution in [3.05, 3.63) is 30.1 Å². The van der Waals surface area contributed by atoms with Gasteiger partial charge in [-0.1, -0.05) is 19.4 Å². The maximum atomic E-state index is 11.7. The van der Waals surface area contributed by atoms with Crippen molar-refractivity contribution in [1.29, 1.82) is 0 Å². The lowest BCUT2D eigenvalue weighted by Gasteiger charge is -2.19.